The van der Waals surface area contributed by atoms with Crippen LogP contribution in [0.15, 0.2) is 121 Å². The van der Waals surface area contributed by atoms with Gasteiger partial charge in [-0.1, -0.05) is 212 Å². The van der Waals surface area contributed by atoms with E-state index in [1.807, 2.05) is 121 Å². The van der Waals surface area contributed by atoms with Crippen LogP contribution in [0.3, 0.4) is 0 Å². The van der Waals surface area contributed by atoms with Gasteiger partial charge in [0.1, 0.15) is 30.5 Å². The molecular weight excluding hydrogens is 765 g/mol. The van der Waals surface area contributed by atoms with Crippen LogP contribution in [0.25, 0.3) is 0 Å². The van der Waals surface area contributed by atoms with Crippen LogP contribution in [-0.4, -0.2) is 68.3 Å². The van der Waals surface area contributed by atoms with Gasteiger partial charge < -0.3 is 38.3 Å². The predicted molar refractivity (Wildman–Crippen MR) is 243 cm³/mol. The molecule has 8 nitrogen and oxygen atoms in total. The summed E-state index contributed by atoms with van der Waals surface area (Å²) in [6.07, 6.45) is 14.2. The Kier molecular flexibility index (Phi) is 24.4. The average molecular weight is 839 g/mol. The summed E-state index contributed by atoms with van der Waals surface area (Å²) in [5.74, 6) is 0. The average Bonchev–Trinajstić information content (AvgIpc) is 3.30. The lowest BCUT2D eigenvalue weighted by Crippen LogP contribution is -2.62. The molecule has 0 amide bonds. The lowest BCUT2D eigenvalue weighted by Gasteiger charge is -2.46. The molecule has 0 spiro atoms. The first-order valence-electron chi connectivity index (χ1n) is 23.3. The number of aliphatic hydroxyl groups excluding tert-OH is 1. The molecular formula is C53H74O8. The zero-order valence-electron chi connectivity index (χ0n) is 36.9. The molecule has 8 heteroatoms. The van der Waals surface area contributed by atoms with E-state index in [-0.39, 0.29) is 19.8 Å². The van der Waals surface area contributed by atoms with E-state index in [9.17, 15) is 5.11 Å². The molecule has 0 aliphatic carbocycles. The van der Waals surface area contributed by atoms with Gasteiger partial charge in [0.2, 0.25) is 0 Å². The number of ether oxygens (including phenoxy) is 7. The zero-order valence-corrected chi connectivity index (χ0v) is 36.9. The minimum absolute atomic E-state index is 0.00708. The topological polar surface area (TPSA) is 84.8 Å². The van der Waals surface area contributed by atoms with Gasteiger partial charge in [0.25, 0.3) is 0 Å². The highest BCUT2D eigenvalue weighted by Crippen LogP contribution is 2.32. The number of benzene rings is 4. The molecule has 6 atom stereocenters. The van der Waals surface area contributed by atoms with Gasteiger partial charge in [-0.2, -0.15) is 0 Å². The Morgan fingerprint density at radius 2 is 0.852 bits per heavy atom. The Balaban J connectivity index is 1.17. The molecule has 1 aliphatic heterocycles. The summed E-state index contributed by atoms with van der Waals surface area (Å²) in [6.45, 7) is 4.73. The van der Waals surface area contributed by atoms with E-state index in [1.165, 1.54) is 77.0 Å². The summed E-state index contributed by atoms with van der Waals surface area (Å²) < 4.78 is 45.7. The molecule has 4 aromatic carbocycles. The van der Waals surface area contributed by atoms with E-state index in [2.05, 4.69) is 6.92 Å². The van der Waals surface area contributed by atoms with Crippen molar-refractivity contribution >= 4 is 0 Å². The molecule has 5 rings (SSSR count). The lowest BCUT2D eigenvalue weighted by atomic mass is 9.97. The van der Waals surface area contributed by atoms with Crippen molar-refractivity contribution in [2.45, 2.75) is 160 Å². The van der Waals surface area contributed by atoms with E-state index >= 15 is 0 Å². The van der Waals surface area contributed by atoms with Gasteiger partial charge in [-0.05, 0) is 28.7 Å². The van der Waals surface area contributed by atoms with Crippen molar-refractivity contribution in [2.24, 2.45) is 0 Å². The molecule has 1 heterocycles. The van der Waals surface area contributed by atoms with Crippen LogP contribution in [0.4, 0.5) is 0 Å². The number of rotatable bonds is 33. The maximum Gasteiger partial charge on any atom is 0.187 e. The molecule has 61 heavy (non-hydrogen) atoms. The Hall–Kier alpha value is -3.44. The fourth-order valence-electron chi connectivity index (χ4n) is 7.75. The molecule has 4 aromatic rings. The summed E-state index contributed by atoms with van der Waals surface area (Å²) in [7, 11) is 0. The van der Waals surface area contributed by atoms with Gasteiger partial charge >= 0.3 is 0 Å². The van der Waals surface area contributed by atoms with E-state index in [4.69, 9.17) is 33.2 Å². The lowest BCUT2D eigenvalue weighted by molar-refractivity contribution is -0.331. The van der Waals surface area contributed by atoms with Crippen LogP contribution in [0.5, 0.6) is 0 Å². The second-order valence-electron chi connectivity index (χ2n) is 16.5. The summed E-state index contributed by atoms with van der Waals surface area (Å²) in [6, 6.07) is 40.3. The Morgan fingerprint density at radius 1 is 0.443 bits per heavy atom. The van der Waals surface area contributed by atoms with Crippen molar-refractivity contribution < 1.29 is 38.3 Å². The standard InChI is InChI=1S/C53H74O8/c1-2-3-4-5-6-7-8-9-10-11-12-13-14-27-36-55-41-48(54)42-60-53-52(59-40-47-34-25-18-26-35-47)51(58-39-46-32-23-17-24-33-46)50(57-38-45-30-21-16-22-31-45)49(61-53)43-56-37-44-28-19-15-20-29-44/h15-26,28-35,48-54H,2-14,27,36-43H2,1H3/t48-,49-,50+,51+,52-,53-/m1/s1. The van der Waals surface area contributed by atoms with E-state index in [0.717, 1.165) is 35.1 Å². The van der Waals surface area contributed by atoms with Crippen molar-refractivity contribution in [3.63, 3.8) is 0 Å². The third-order valence-corrected chi connectivity index (χ3v) is 11.2. The van der Waals surface area contributed by atoms with Crippen LogP contribution in [-0.2, 0) is 59.6 Å². The minimum Gasteiger partial charge on any atom is -0.388 e. The Bertz CT molecular complexity index is 1610. The highest BCUT2D eigenvalue weighted by atomic mass is 16.7. The first-order valence-corrected chi connectivity index (χ1v) is 23.3. The van der Waals surface area contributed by atoms with Gasteiger partial charge in [-0.25, -0.2) is 0 Å². The highest BCUT2D eigenvalue weighted by Gasteiger charge is 2.49. The third-order valence-electron chi connectivity index (χ3n) is 11.2. The maximum atomic E-state index is 11.1. The van der Waals surface area contributed by atoms with Gasteiger partial charge in [-0.3, -0.25) is 0 Å². The second-order valence-corrected chi connectivity index (χ2v) is 16.5. The first-order chi connectivity index (χ1) is 30.2. The zero-order chi connectivity index (χ0) is 42.4. The molecule has 0 radical (unpaired) electrons. The molecule has 1 aliphatic rings. The van der Waals surface area contributed by atoms with Crippen LogP contribution >= 0.6 is 0 Å². The molecule has 1 N–H and O–H groups in total. The fourth-order valence-corrected chi connectivity index (χ4v) is 7.75. The van der Waals surface area contributed by atoms with Crippen molar-refractivity contribution in [3.05, 3.63) is 144 Å². The van der Waals surface area contributed by atoms with E-state index in [1.54, 1.807) is 0 Å². The van der Waals surface area contributed by atoms with Crippen molar-refractivity contribution in [2.75, 3.05) is 26.4 Å². The summed E-state index contributed by atoms with van der Waals surface area (Å²) in [5.41, 5.74) is 4.13. The number of aliphatic hydroxyl groups is 1. The van der Waals surface area contributed by atoms with Gasteiger partial charge in [0, 0.05) is 6.61 Å². The van der Waals surface area contributed by atoms with Crippen LogP contribution < -0.4 is 0 Å². The maximum absolute atomic E-state index is 11.1. The summed E-state index contributed by atoms with van der Waals surface area (Å²) >= 11 is 0. The van der Waals surface area contributed by atoms with Crippen molar-refractivity contribution in [1.29, 1.82) is 0 Å². The number of unbranched alkanes of at least 4 members (excludes halogenated alkanes) is 13. The largest absolute Gasteiger partial charge is 0.388 e. The highest BCUT2D eigenvalue weighted by molar-refractivity contribution is 5.16. The molecule has 1 fully saturated rings. The molecule has 0 unspecified atom stereocenters. The normalized spacial score (nSPS) is 19.5. The number of hydrogen-bond donors (Lipinski definition) is 1. The smallest absolute Gasteiger partial charge is 0.187 e. The van der Waals surface area contributed by atoms with Gasteiger partial charge in [0.15, 0.2) is 6.29 Å². The van der Waals surface area contributed by atoms with Crippen LogP contribution in [0.2, 0.25) is 0 Å². The SMILES string of the molecule is CCCCCCCCCCCCCCCCOC[C@@H](O)CO[C@@H]1O[C@H](COCc2ccccc2)[C@H](OCc2ccccc2)[C@H](OCc2ccccc2)[C@H]1OCc1ccccc1. The predicted octanol–water partition coefficient (Wildman–Crippen LogP) is 11.6. The van der Waals surface area contributed by atoms with Gasteiger partial charge in [-0.15, -0.1) is 0 Å². The molecule has 334 valence electrons. The van der Waals surface area contributed by atoms with Crippen molar-refractivity contribution in [1.82, 2.24) is 0 Å². The van der Waals surface area contributed by atoms with Gasteiger partial charge in [0.05, 0.1) is 46.2 Å². The third kappa shape index (κ3) is 19.7. The van der Waals surface area contributed by atoms with Crippen LogP contribution in [0, 0.1) is 0 Å². The summed E-state index contributed by atoms with van der Waals surface area (Å²) in [5, 5.41) is 11.1. The Labute approximate surface area is 367 Å². The van der Waals surface area contributed by atoms with E-state index in [0.29, 0.717) is 33.0 Å². The summed E-state index contributed by atoms with van der Waals surface area (Å²) in [4.78, 5) is 0. The van der Waals surface area contributed by atoms with Crippen LogP contribution in [0.1, 0.15) is 119 Å². The molecule has 0 aromatic heterocycles. The molecule has 0 bridgehead atoms. The Morgan fingerprint density at radius 3 is 1.33 bits per heavy atom. The monoisotopic (exact) mass is 839 g/mol. The first kappa shape index (κ1) is 48.6. The molecule has 1 saturated heterocycles. The van der Waals surface area contributed by atoms with Crippen molar-refractivity contribution in [3.8, 4) is 0 Å². The number of hydrogen-bond acceptors (Lipinski definition) is 8. The molecule has 0 saturated carbocycles. The quantitative estimate of drug-likeness (QED) is 0.0475. The van der Waals surface area contributed by atoms with E-state index < -0.39 is 36.8 Å². The minimum atomic E-state index is -0.883. The fraction of sp³-hybridized carbons (Fsp3) is 0.547. The second kappa shape index (κ2) is 30.6.